The lowest BCUT2D eigenvalue weighted by Gasteiger charge is -2.26. The van der Waals surface area contributed by atoms with Crippen molar-refractivity contribution in [2.75, 3.05) is 27.7 Å². The van der Waals surface area contributed by atoms with E-state index >= 15 is 0 Å². The van der Waals surface area contributed by atoms with Crippen LogP contribution in [0, 0.1) is 5.92 Å². The van der Waals surface area contributed by atoms with Crippen LogP contribution in [-0.4, -0.2) is 32.6 Å². The molecule has 0 aromatic heterocycles. The Balaban J connectivity index is 2.84. The van der Waals surface area contributed by atoms with Crippen LogP contribution in [0.2, 0.25) is 0 Å². The van der Waals surface area contributed by atoms with Crippen LogP contribution < -0.4 is 4.74 Å². The summed E-state index contributed by atoms with van der Waals surface area (Å²) in [6.45, 7) is 5.71. The van der Waals surface area contributed by atoms with E-state index in [0.717, 1.165) is 12.3 Å². The van der Waals surface area contributed by atoms with E-state index in [2.05, 4.69) is 51.0 Å². The van der Waals surface area contributed by atoms with Crippen LogP contribution >= 0.6 is 0 Å². The van der Waals surface area contributed by atoms with Crippen molar-refractivity contribution in [3.8, 4) is 5.75 Å². The number of hydrogen-bond donors (Lipinski definition) is 0. The van der Waals surface area contributed by atoms with E-state index in [9.17, 15) is 0 Å². The Morgan fingerprint density at radius 1 is 1.29 bits per heavy atom. The second-order valence-corrected chi connectivity index (χ2v) is 5.03. The summed E-state index contributed by atoms with van der Waals surface area (Å²) >= 11 is 0. The van der Waals surface area contributed by atoms with Crippen molar-refractivity contribution >= 4 is 0 Å². The van der Waals surface area contributed by atoms with Crippen molar-refractivity contribution in [1.82, 2.24) is 4.90 Å². The van der Waals surface area contributed by atoms with Crippen molar-refractivity contribution in [3.05, 3.63) is 29.8 Å². The average molecular weight is 235 g/mol. The predicted octanol–water partition coefficient (Wildman–Crippen LogP) is 3.39. The fraction of sp³-hybridized carbons (Fsp3) is 0.600. The first-order chi connectivity index (χ1) is 8.08. The van der Waals surface area contributed by atoms with Gasteiger partial charge in [-0.1, -0.05) is 26.0 Å². The maximum Gasteiger partial charge on any atom is 0.119 e. The lowest BCUT2D eigenvalue weighted by Crippen LogP contribution is -2.24. The molecule has 0 aliphatic carbocycles. The molecule has 2 atom stereocenters. The highest BCUT2D eigenvalue weighted by Crippen LogP contribution is 2.30. The summed E-state index contributed by atoms with van der Waals surface area (Å²) in [5.41, 5.74) is 1.39. The predicted molar refractivity (Wildman–Crippen MR) is 73.7 cm³/mol. The Bertz CT molecular complexity index is 335. The smallest absolute Gasteiger partial charge is 0.119 e. The summed E-state index contributed by atoms with van der Waals surface area (Å²) in [5.74, 6) is 2.22. The van der Waals surface area contributed by atoms with E-state index in [0.29, 0.717) is 11.8 Å². The van der Waals surface area contributed by atoms with Crippen molar-refractivity contribution < 1.29 is 4.74 Å². The molecule has 0 N–H and O–H groups in total. The fourth-order valence-electron chi connectivity index (χ4n) is 2.54. The van der Waals surface area contributed by atoms with Gasteiger partial charge in [0, 0.05) is 6.54 Å². The molecule has 1 aromatic carbocycles. The maximum absolute atomic E-state index is 5.30. The van der Waals surface area contributed by atoms with E-state index in [-0.39, 0.29) is 0 Å². The number of hydrogen-bond acceptors (Lipinski definition) is 2. The molecule has 0 amide bonds. The monoisotopic (exact) mass is 235 g/mol. The summed E-state index contributed by atoms with van der Waals surface area (Å²) in [6.07, 6.45) is 1.17. The van der Waals surface area contributed by atoms with Gasteiger partial charge in [0.05, 0.1) is 7.11 Å². The van der Waals surface area contributed by atoms with Crippen molar-refractivity contribution in [2.24, 2.45) is 5.92 Å². The van der Waals surface area contributed by atoms with Gasteiger partial charge >= 0.3 is 0 Å². The molecule has 17 heavy (non-hydrogen) atoms. The molecule has 1 unspecified atom stereocenters. The van der Waals surface area contributed by atoms with Crippen LogP contribution in [0.5, 0.6) is 5.75 Å². The molecule has 0 fully saturated rings. The molecule has 2 nitrogen and oxygen atoms in total. The van der Waals surface area contributed by atoms with Gasteiger partial charge in [-0.2, -0.15) is 0 Å². The van der Waals surface area contributed by atoms with Crippen LogP contribution in [0.15, 0.2) is 24.3 Å². The van der Waals surface area contributed by atoms with Gasteiger partial charge in [-0.15, -0.1) is 0 Å². The van der Waals surface area contributed by atoms with E-state index in [1.54, 1.807) is 7.11 Å². The molecule has 2 heteroatoms. The summed E-state index contributed by atoms with van der Waals surface area (Å²) < 4.78 is 5.30. The SMILES string of the molecule is CCC(c1cccc(OC)c1)[C@@H](C)CN(C)C. The second kappa shape index (κ2) is 6.65. The molecule has 0 saturated heterocycles. The van der Waals surface area contributed by atoms with E-state index in [1.165, 1.54) is 12.0 Å². The Kier molecular flexibility index (Phi) is 5.49. The lowest BCUT2D eigenvalue weighted by molar-refractivity contribution is 0.301. The third-order valence-electron chi connectivity index (χ3n) is 3.30. The zero-order chi connectivity index (χ0) is 12.8. The normalized spacial score (nSPS) is 14.7. The van der Waals surface area contributed by atoms with Crippen LogP contribution in [0.25, 0.3) is 0 Å². The molecule has 96 valence electrons. The molecule has 0 bridgehead atoms. The molecule has 1 aromatic rings. The summed E-state index contributed by atoms with van der Waals surface area (Å²) in [5, 5.41) is 0. The van der Waals surface area contributed by atoms with Crippen LogP contribution in [0.4, 0.5) is 0 Å². The quantitative estimate of drug-likeness (QED) is 0.749. The number of rotatable bonds is 6. The van der Waals surface area contributed by atoms with Gasteiger partial charge in [0.15, 0.2) is 0 Å². The first-order valence-electron chi connectivity index (χ1n) is 6.37. The van der Waals surface area contributed by atoms with E-state index < -0.39 is 0 Å². The van der Waals surface area contributed by atoms with Gasteiger partial charge in [-0.05, 0) is 50.0 Å². The van der Waals surface area contributed by atoms with Crippen molar-refractivity contribution in [1.29, 1.82) is 0 Å². The zero-order valence-corrected chi connectivity index (χ0v) is 11.7. The van der Waals surface area contributed by atoms with E-state index in [4.69, 9.17) is 4.74 Å². The first kappa shape index (κ1) is 14.0. The van der Waals surface area contributed by atoms with Gasteiger partial charge < -0.3 is 9.64 Å². The van der Waals surface area contributed by atoms with Gasteiger partial charge in [0.1, 0.15) is 5.75 Å². The van der Waals surface area contributed by atoms with Crippen LogP contribution in [0.1, 0.15) is 31.7 Å². The summed E-state index contributed by atoms with van der Waals surface area (Å²) in [4.78, 5) is 2.26. The standard InChI is InChI=1S/C15H25NO/c1-6-15(12(2)11-16(3)4)13-8-7-9-14(10-13)17-5/h7-10,12,15H,6,11H2,1-5H3/t12-,15?/m0/s1. The molecule has 0 aliphatic heterocycles. The van der Waals surface area contributed by atoms with E-state index in [1.807, 2.05) is 6.07 Å². The van der Waals surface area contributed by atoms with Crippen LogP contribution in [0.3, 0.4) is 0 Å². The minimum absolute atomic E-state index is 0.604. The maximum atomic E-state index is 5.30. The topological polar surface area (TPSA) is 12.5 Å². The Labute approximate surface area is 106 Å². The zero-order valence-electron chi connectivity index (χ0n) is 11.7. The minimum Gasteiger partial charge on any atom is -0.497 e. The molecule has 0 heterocycles. The number of methoxy groups -OCH3 is 1. The Hall–Kier alpha value is -1.02. The average Bonchev–Trinajstić information content (AvgIpc) is 2.29. The molecule has 0 spiro atoms. The third-order valence-corrected chi connectivity index (χ3v) is 3.30. The van der Waals surface area contributed by atoms with Crippen LogP contribution in [-0.2, 0) is 0 Å². The highest BCUT2D eigenvalue weighted by molar-refractivity contribution is 5.31. The highest BCUT2D eigenvalue weighted by atomic mass is 16.5. The third kappa shape index (κ3) is 4.04. The summed E-state index contributed by atoms with van der Waals surface area (Å²) in [6, 6.07) is 8.47. The van der Waals surface area contributed by atoms with Crippen molar-refractivity contribution in [3.63, 3.8) is 0 Å². The second-order valence-electron chi connectivity index (χ2n) is 5.03. The largest absolute Gasteiger partial charge is 0.497 e. The summed E-state index contributed by atoms with van der Waals surface area (Å²) in [7, 11) is 5.99. The fourth-order valence-corrected chi connectivity index (χ4v) is 2.54. The molecule has 1 rings (SSSR count). The number of nitrogens with zero attached hydrogens (tertiary/aromatic N) is 1. The molecule has 0 aliphatic rings. The first-order valence-corrected chi connectivity index (χ1v) is 6.37. The van der Waals surface area contributed by atoms with Crippen molar-refractivity contribution in [2.45, 2.75) is 26.2 Å². The molecule has 0 radical (unpaired) electrons. The number of benzene rings is 1. The number of ether oxygens (including phenoxy) is 1. The molecule has 0 saturated carbocycles. The Morgan fingerprint density at radius 3 is 2.53 bits per heavy atom. The highest BCUT2D eigenvalue weighted by Gasteiger charge is 2.18. The molecular weight excluding hydrogens is 210 g/mol. The molecular formula is C15H25NO. The van der Waals surface area contributed by atoms with Gasteiger partial charge in [0.2, 0.25) is 0 Å². The lowest BCUT2D eigenvalue weighted by atomic mass is 9.85. The Morgan fingerprint density at radius 2 is 2.00 bits per heavy atom. The minimum atomic E-state index is 0.604. The van der Waals surface area contributed by atoms with Gasteiger partial charge in [-0.25, -0.2) is 0 Å². The van der Waals surface area contributed by atoms with Gasteiger partial charge in [-0.3, -0.25) is 0 Å². The van der Waals surface area contributed by atoms with Gasteiger partial charge in [0.25, 0.3) is 0 Å².